The zero-order valence-corrected chi connectivity index (χ0v) is 20.3. The zero-order valence-electron chi connectivity index (χ0n) is 18.1. The summed E-state index contributed by atoms with van der Waals surface area (Å²) in [6.45, 7) is 6.30. The molecular weight excluding hydrogens is 467 g/mol. The molecule has 0 amide bonds. The third-order valence-electron chi connectivity index (χ3n) is 5.38. The number of aromatic nitrogens is 4. The van der Waals surface area contributed by atoms with Gasteiger partial charge in [-0.15, -0.1) is 10.2 Å². The Morgan fingerprint density at radius 1 is 0.969 bits per heavy atom. The normalized spacial score (nSPS) is 12.3. The van der Waals surface area contributed by atoms with Gasteiger partial charge in [0, 0.05) is 27.1 Å². The maximum atomic E-state index is 6.56. The van der Waals surface area contributed by atoms with Crippen LogP contribution in [0.2, 0.25) is 15.1 Å². The Morgan fingerprint density at radius 2 is 1.69 bits per heavy atom. The molecule has 0 aliphatic carbocycles. The van der Waals surface area contributed by atoms with E-state index in [0.29, 0.717) is 44.7 Å². The van der Waals surface area contributed by atoms with E-state index in [9.17, 15) is 0 Å². The lowest BCUT2D eigenvalue weighted by molar-refractivity contribution is 0.450. The lowest BCUT2D eigenvalue weighted by atomic mass is 10.0. The van der Waals surface area contributed by atoms with E-state index in [1.807, 2.05) is 35.0 Å². The fourth-order valence-electron chi connectivity index (χ4n) is 3.77. The van der Waals surface area contributed by atoms with E-state index in [1.165, 1.54) is 0 Å². The van der Waals surface area contributed by atoms with Gasteiger partial charge in [0.05, 0.1) is 16.4 Å². The Kier molecular flexibility index (Phi) is 6.89. The molecule has 2 heterocycles. The maximum Gasteiger partial charge on any atom is 0.268 e. The fraction of sp³-hybridized carbons (Fsp3) is 0.292. The molecule has 5 nitrogen and oxygen atoms in total. The van der Waals surface area contributed by atoms with Gasteiger partial charge in [-0.05, 0) is 43.2 Å². The molecule has 166 valence electrons. The summed E-state index contributed by atoms with van der Waals surface area (Å²) < 4.78 is 7.88. The third kappa shape index (κ3) is 4.42. The largest absolute Gasteiger partial charge is 0.419 e. The van der Waals surface area contributed by atoms with E-state index in [0.717, 1.165) is 29.7 Å². The smallest absolute Gasteiger partial charge is 0.268 e. The Hall–Kier alpha value is -2.34. The molecular formula is C24H23Cl3N4O. The summed E-state index contributed by atoms with van der Waals surface area (Å²) in [5, 5.41) is 15.2. The Bertz CT molecular complexity index is 1230. The van der Waals surface area contributed by atoms with Gasteiger partial charge in [-0.2, -0.15) is 5.10 Å². The maximum absolute atomic E-state index is 6.56. The van der Waals surface area contributed by atoms with Crippen molar-refractivity contribution in [3.63, 3.8) is 0 Å². The van der Waals surface area contributed by atoms with Gasteiger partial charge in [-0.25, -0.2) is 4.68 Å². The van der Waals surface area contributed by atoms with E-state index in [-0.39, 0.29) is 5.92 Å². The first-order chi connectivity index (χ1) is 15.4. The van der Waals surface area contributed by atoms with Crippen LogP contribution in [0.1, 0.15) is 51.0 Å². The predicted molar refractivity (Wildman–Crippen MR) is 130 cm³/mol. The van der Waals surface area contributed by atoms with E-state index in [2.05, 4.69) is 31.0 Å². The molecule has 0 aliphatic heterocycles. The summed E-state index contributed by atoms with van der Waals surface area (Å²) in [5.74, 6) is 1.21. The van der Waals surface area contributed by atoms with E-state index >= 15 is 0 Å². The van der Waals surface area contributed by atoms with Gasteiger partial charge >= 0.3 is 0 Å². The van der Waals surface area contributed by atoms with Crippen molar-refractivity contribution in [3.8, 4) is 28.5 Å². The molecule has 0 spiro atoms. The van der Waals surface area contributed by atoms with Crippen LogP contribution in [-0.4, -0.2) is 20.0 Å². The predicted octanol–water partition coefficient (Wildman–Crippen LogP) is 8.02. The molecule has 1 unspecified atom stereocenters. The molecule has 4 aromatic rings. The number of benzene rings is 2. The molecule has 0 saturated heterocycles. The monoisotopic (exact) mass is 488 g/mol. The van der Waals surface area contributed by atoms with Crippen molar-refractivity contribution < 1.29 is 4.42 Å². The Balaban J connectivity index is 1.93. The quantitative estimate of drug-likeness (QED) is 0.264. The van der Waals surface area contributed by atoms with E-state index < -0.39 is 0 Å². The van der Waals surface area contributed by atoms with Crippen LogP contribution in [0.3, 0.4) is 0 Å². The minimum atomic E-state index is 0.190. The van der Waals surface area contributed by atoms with E-state index in [1.54, 1.807) is 12.1 Å². The first-order valence-corrected chi connectivity index (χ1v) is 11.7. The van der Waals surface area contributed by atoms with Crippen LogP contribution in [-0.2, 0) is 6.42 Å². The van der Waals surface area contributed by atoms with Gasteiger partial charge in [0.2, 0.25) is 5.89 Å². The van der Waals surface area contributed by atoms with Gasteiger partial charge in [0.15, 0.2) is 5.69 Å². The summed E-state index contributed by atoms with van der Waals surface area (Å²) in [6.07, 6.45) is 2.73. The molecule has 0 N–H and O–H groups in total. The Labute approximate surface area is 202 Å². The molecule has 0 bridgehead atoms. The molecule has 0 aliphatic rings. The second kappa shape index (κ2) is 9.65. The average molecular weight is 490 g/mol. The molecule has 32 heavy (non-hydrogen) atoms. The summed E-state index contributed by atoms with van der Waals surface area (Å²) in [5.41, 5.74) is 4.18. The third-order valence-corrected chi connectivity index (χ3v) is 6.17. The highest BCUT2D eigenvalue weighted by molar-refractivity contribution is 6.35. The second-order valence-corrected chi connectivity index (χ2v) is 8.96. The zero-order chi connectivity index (χ0) is 22.8. The van der Waals surface area contributed by atoms with Crippen molar-refractivity contribution in [3.05, 3.63) is 69.0 Å². The highest BCUT2D eigenvalue weighted by atomic mass is 35.5. The molecule has 4 rings (SSSR count). The van der Waals surface area contributed by atoms with Crippen molar-refractivity contribution in [2.24, 2.45) is 0 Å². The first kappa shape index (κ1) is 22.8. The van der Waals surface area contributed by atoms with Gasteiger partial charge < -0.3 is 4.42 Å². The number of rotatable bonds is 7. The van der Waals surface area contributed by atoms with Gasteiger partial charge in [-0.3, -0.25) is 0 Å². The van der Waals surface area contributed by atoms with Crippen LogP contribution in [0.4, 0.5) is 0 Å². The van der Waals surface area contributed by atoms with Crippen LogP contribution in [0.15, 0.2) is 46.9 Å². The number of halogens is 3. The second-order valence-electron chi connectivity index (χ2n) is 7.68. The van der Waals surface area contributed by atoms with Crippen molar-refractivity contribution in [2.75, 3.05) is 0 Å². The Morgan fingerprint density at radius 3 is 2.34 bits per heavy atom. The molecule has 2 aromatic carbocycles. The molecule has 1 atom stereocenters. The summed E-state index contributed by atoms with van der Waals surface area (Å²) in [4.78, 5) is 0. The lowest BCUT2D eigenvalue weighted by Crippen LogP contribution is -2.01. The summed E-state index contributed by atoms with van der Waals surface area (Å²) >= 11 is 18.8. The number of hydrogen-bond acceptors (Lipinski definition) is 4. The summed E-state index contributed by atoms with van der Waals surface area (Å²) in [6, 6.07) is 13.0. The SMILES string of the molecule is CCCC(C)c1nnc(-c2nn(-c3ccc(Cl)cc3Cl)c(-c3ccc(Cl)cc3)c2CC)o1. The van der Waals surface area contributed by atoms with Crippen LogP contribution < -0.4 is 0 Å². The summed E-state index contributed by atoms with van der Waals surface area (Å²) in [7, 11) is 0. The van der Waals surface area contributed by atoms with Crippen LogP contribution in [0, 0.1) is 0 Å². The lowest BCUT2D eigenvalue weighted by Gasteiger charge is -2.11. The van der Waals surface area contributed by atoms with E-state index in [4.69, 9.17) is 44.3 Å². The highest BCUT2D eigenvalue weighted by Gasteiger charge is 2.25. The molecule has 0 fully saturated rings. The molecule has 2 aromatic heterocycles. The van der Waals surface area contributed by atoms with Gasteiger partial charge in [0.25, 0.3) is 5.89 Å². The standard InChI is InChI=1S/C24H23Cl3N4O/c1-4-6-14(3)23-28-29-24(32-23)21-18(5-2)22(15-7-9-16(25)10-8-15)31(30-21)20-12-11-17(26)13-19(20)27/h7-14H,4-6H2,1-3H3. The fourth-order valence-corrected chi connectivity index (χ4v) is 4.39. The highest BCUT2D eigenvalue weighted by Crippen LogP contribution is 2.37. The topological polar surface area (TPSA) is 56.7 Å². The van der Waals surface area contributed by atoms with Crippen LogP contribution in [0.25, 0.3) is 28.5 Å². The minimum absolute atomic E-state index is 0.190. The van der Waals surface area contributed by atoms with Gasteiger partial charge in [0.1, 0.15) is 0 Å². The minimum Gasteiger partial charge on any atom is -0.419 e. The molecule has 0 radical (unpaired) electrons. The van der Waals surface area contributed by atoms with Crippen molar-refractivity contribution >= 4 is 34.8 Å². The number of hydrogen-bond donors (Lipinski definition) is 0. The van der Waals surface area contributed by atoms with Crippen LogP contribution in [0.5, 0.6) is 0 Å². The van der Waals surface area contributed by atoms with Crippen molar-refractivity contribution in [1.29, 1.82) is 0 Å². The number of nitrogens with zero attached hydrogens (tertiary/aromatic N) is 4. The average Bonchev–Trinajstić information content (AvgIpc) is 3.39. The molecule has 8 heteroatoms. The first-order valence-electron chi connectivity index (χ1n) is 10.6. The van der Waals surface area contributed by atoms with Crippen LogP contribution >= 0.6 is 34.8 Å². The van der Waals surface area contributed by atoms with Crippen molar-refractivity contribution in [1.82, 2.24) is 20.0 Å². The van der Waals surface area contributed by atoms with Crippen molar-refractivity contribution in [2.45, 2.75) is 46.0 Å². The molecule has 0 saturated carbocycles. The van der Waals surface area contributed by atoms with Gasteiger partial charge in [-0.1, -0.05) is 74.1 Å².